The van der Waals surface area contributed by atoms with Crippen molar-refractivity contribution >= 4 is 17.5 Å². The first-order chi connectivity index (χ1) is 9.31. The highest BCUT2D eigenvalue weighted by Gasteiger charge is 2.23. The summed E-state index contributed by atoms with van der Waals surface area (Å²) in [5.41, 5.74) is 0. The van der Waals surface area contributed by atoms with Gasteiger partial charge in [0.2, 0.25) is 0 Å². The second-order valence-corrected chi connectivity index (χ2v) is 6.18. The van der Waals surface area contributed by atoms with Crippen molar-refractivity contribution in [3.63, 3.8) is 0 Å². The molecule has 0 fully saturated rings. The summed E-state index contributed by atoms with van der Waals surface area (Å²) >= 11 is 5.89. The smallest absolute Gasteiger partial charge is 0.261 e. The normalized spacial score (nSPS) is 12.8. The minimum atomic E-state index is -0.548. The number of carbonyl (C=O) groups excluding carboxylic acids is 1. The maximum atomic E-state index is 12.2. The molecular formula is C16H24ClNO2. The van der Waals surface area contributed by atoms with Gasteiger partial charge in [0, 0.05) is 11.1 Å². The average molecular weight is 298 g/mol. The molecule has 0 bridgehead atoms. The van der Waals surface area contributed by atoms with Crippen molar-refractivity contribution in [1.29, 1.82) is 0 Å². The fourth-order valence-electron chi connectivity index (χ4n) is 2.18. The van der Waals surface area contributed by atoms with Gasteiger partial charge >= 0.3 is 0 Å². The third-order valence-corrected chi connectivity index (χ3v) is 3.46. The van der Waals surface area contributed by atoms with Crippen molar-refractivity contribution in [2.24, 2.45) is 11.8 Å². The predicted octanol–water partition coefficient (Wildman–Crippen LogP) is 3.90. The van der Waals surface area contributed by atoms with Crippen LogP contribution >= 0.6 is 11.6 Å². The predicted molar refractivity (Wildman–Crippen MR) is 83.1 cm³/mol. The van der Waals surface area contributed by atoms with E-state index in [0.29, 0.717) is 22.6 Å². The van der Waals surface area contributed by atoms with E-state index in [2.05, 4.69) is 33.0 Å². The summed E-state index contributed by atoms with van der Waals surface area (Å²) in [6, 6.07) is 7.21. The Balaban J connectivity index is 2.63. The Morgan fingerprint density at radius 2 is 1.75 bits per heavy atom. The van der Waals surface area contributed by atoms with E-state index in [1.807, 2.05) is 0 Å². The average Bonchev–Trinajstić information content (AvgIpc) is 2.34. The Morgan fingerprint density at radius 1 is 1.15 bits per heavy atom. The molecule has 0 radical (unpaired) electrons. The van der Waals surface area contributed by atoms with Crippen molar-refractivity contribution in [1.82, 2.24) is 5.32 Å². The SMILES string of the molecule is CC(Oc1cccc(Cl)c1)C(=O)NC(C(C)C)C(C)C. The quantitative estimate of drug-likeness (QED) is 0.864. The summed E-state index contributed by atoms with van der Waals surface area (Å²) in [4.78, 5) is 12.2. The van der Waals surface area contributed by atoms with E-state index in [9.17, 15) is 4.79 Å². The molecule has 1 rings (SSSR count). The molecule has 1 atom stereocenters. The van der Waals surface area contributed by atoms with Gasteiger partial charge in [-0.25, -0.2) is 0 Å². The van der Waals surface area contributed by atoms with Crippen LogP contribution in [0.3, 0.4) is 0 Å². The number of halogens is 1. The zero-order chi connectivity index (χ0) is 15.3. The monoisotopic (exact) mass is 297 g/mol. The van der Waals surface area contributed by atoms with Gasteiger partial charge in [0.05, 0.1) is 0 Å². The Hall–Kier alpha value is -1.22. The Kier molecular flexibility index (Phi) is 6.34. The Labute approximate surface area is 126 Å². The summed E-state index contributed by atoms with van der Waals surface area (Å²) < 4.78 is 5.62. The summed E-state index contributed by atoms with van der Waals surface area (Å²) in [5.74, 6) is 1.28. The second kappa shape index (κ2) is 7.53. The molecule has 0 saturated heterocycles. The van der Waals surface area contributed by atoms with E-state index in [1.165, 1.54) is 0 Å². The molecule has 1 N–H and O–H groups in total. The Bertz CT molecular complexity index is 438. The molecule has 0 aliphatic rings. The summed E-state index contributed by atoms with van der Waals surface area (Å²) in [7, 11) is 0. The van der Waals surface area contributed by atoms with Crippen molar-refractivity contribution in [2.75, 3.05) is 0 Å². The van der Waals surface area contributed by atoms with Crippen LogP contribution in [0.1, 0.15) is 34.6 Å². The molecule has 0 aliphatic heterocycles. The maximum absolute atomic E-state index is 12.2. The molecule has 0 heterocycles. The number of carbonyl (C=O) groups is 1. The molecule has 112 valence electrons. The van der Waals surface area contributed by atoms with Crippen molar-refractivity contribution in [3.05, 3.63) is 29.3 Å². The van der Waals surface area contributed by atoms with Crippen LogP contribution < -0.4 is 10.1 Å². The van der Waals surface area contributed by atoms with Gasteiger partial charge in [0.25, 0.3) is 5.91 Å². The lowest BCUT2D eigenvalue weighted by atomic mass is 9.93. The number of ether oxygens (including phenoxy) is 1. The van der Waals surface area contributed by atoms with Crippen LogP contribution in [0.5, 0.6) is 5.75 Å². The molecule has 20 heavy (non-hydrogen) atoms. The highest BCUT2D eigenvalue weighted by molar-refractivity contribution is 6.30. The van der Waals surface area contributed by atoms with Crippen LogP contribution in [-0.4, -0.2) is 18.1 Å². The van der Waals surface area contributed by atoms with E-state index in [-0.39, 0.29) is 11.9 Å². The molecule has 3 nitrogen and oxygen atoms in total. The van der Waals surface area contributed by atoms with Gasteiger partial charge in [-0.2, -0.15) is 0 Å². The standard InChI is InChI=1S/C16H24ClNO2/c1-10(2)15(11(3)4)18-16(19)12(5)20-14-8-6-7-13(17)9-14/h6-12,15H,1-5H3,(H,18,19). The van der Waals surface area contributed by atoms with Gasteiger partial charge in [0.1, 0.15) is 5.75 Å². The maximum Gasteiger partial charge on any atom is 0.261 e. The lowest BCUT2D eigenvalue weighted by Crippen LogP contribution is -2.47. The van der Waals surface area contributed by atoms with Gasteiger partial charge < -0.3 is 10.1 Å². The van der Waals surface area contributed by atoms with Crippen molar-refractivity contribution < 1.29 is 9.53 Å². The molecule has 1 unspecified atom stereocenters. The van der Waals surface area contributed by atoms with Crippen LogP contribution in [0.15, 0.2) is 24.3 Å². The minimum absolute atomic E-state index is 0.0997. The highest BCUT2D eigenvalue weighted by atomic mass is 35.5. The number of rotatable bonds is 6. The van der Waals surface area contributed by atoms with E-state index in [4.69, 9.17) is 16.3 Å². The van der Waals surface area contributed by atoms with Gasteiger partial charge in [0.15, 0.2) is 6.10 Å². The Morgan fingerprint density at radius 3 is 2.25 bits per heavy atom. The van der Waals surface area contributed by atoms with E-state index >= 15 is 0 Å². The van der Waals surface area contributed by atoms with E-state index in [1.54, 1.807) is 31.2 Å². The lowest BCUT2D eigenvalue weighted by Gasteiger charge is -2.27. The molecule has 0 saturated carbocycles. The molecule has 1 amide bonds. The fraction of sp³-hybridized carbons (Fsp3) is 0.562. The molecular weight excluding hydrogens is 274 g/mol. The molecule has 4 heteroatoms. The third-order valence-electron chi connectivity index (χ3n) is 3.22. The topological polar surface area (TPSA) is 38.3 Å². The van der Waals surface area contributed by atoms with E-state index < -0.39 is 6.10 Å². The largest absolute Gasteiger partial charge is 0.481 e. The van der Waals surface area contributed by atoms with Gasteiger partial charge in [-0.3, -0.25) is 4.79 Å². The molecule has 1 aromatic rings. The molecule has 0 aromatic heterocycles. The van der Waals surface area contributed by atoms with Gasteiger partial charge in [-0.15, -0.1) is 0 Å². The molecule has 1 aromatic carbocycles. The number of benzene rings is 1. The number of nitrogens with one attached hydrogen (secondary N) is 1. The summed E-state index contributed by atoms with van der Waals surface area (Å²) in [5, 5.41) is 3.65. The van der Waals surface area contributed by atoms with Gasteiger partial charge in [-0.05, 0) is 37.0 Å². The van der Waals surface area contributed by atoms with Crippen LogP contribution in [0.4, 0.5) is 0 Å². The zero-order valence-electron chi connectivity index (χ0n) is 12.8. The third kappa shape index (κ3) is 5.04. The van der Waals surface area contributed by atoms with Crippen LogP contribution in [0.2, 0.25) is 5.02 Å². The number of hydrogen-bond donors (Lipinski definition) is 1. The zero-order valence-corrected chi connectivity index (χ0v) is 13.6. The second-order valence-electron chi connectivity index (χ2n) is 5.74. The minimum Gasteiger partial charge on any atom is -0.481 e. The first-order valence-corrected chi connectivity index (χ1v) is 7.41. The molecule has 0 aliphatic carbocycles. The van der Waals surface area contributed by atoms with Gasteiger partial charge in [-0.1, -0.05) is 45.4 Å². The van der Waals surface area contributed by atoms with Crippen molar-refractivity contribution in [2.45, 2.75) is 46.8 Å². The first kappa shape index (κ1) is 16.8. The lowest BCUT2D eigenvalue weighted by molar-refractivity contribution is -0.128. The van der Waals surface area contributed by atoms with Crippen LogP contribution in [0.25, 0.3) is 0 Å². The number of amides is 1. The van der Waals surface area contributed by atoms with Crippen LogP contribution in [-0.2, 0) is 4.79 Å². The first-order valence-electron chi connectivity index (χ1n) is 7.04. The van der Waals surface area contributed by atoms with Crippen LogP contribution in [0, 0.1) is 11.8 Å². The van der Waals surface area contributed by atoms with Crippen molar-refractivity contribution in [3.8, 4) is 5.75 Å². The fourth-order valence-corrected chi connectivity index (χ4v) is 2.36. The molecule has 0 spiro atoms. The highest BCUT2D eigenvalue weighted by Crippen LogP contribution is 2.19. The summed E-state index contributed by atoms with van der Waals surface area (Å²) in [6.07, 6.45) is -0.548. The number of hydrogen-bond acceptors (Lipinski definition) is 2. The van der Waals surface area contributed by atoms with E-state index in [0.717, 1.165) is 0 Å². The summed E-state index contributed by atoms with van der Waals surface area (Å²) in [6.45, 7) is 10.2.